The smallest absolute Gasteiger partial charge is 0.367 e. The highest BCUT2D eigenvalue weighted by Gasteiger charge is 2.39. The molecule has 0 aromatic heterocycles. The molecule has 1 fully saturated rings. The molecular formula is C30H30F3N3O2. The van der Waals surface area contributed by atoms with Crippen molar-refractivity contribution in [3.63, 3.8) is 0 Å². The standard InChI is InChI=1S/C30H30F3N3O2/c1-2-3-11-24-25(36-16-20(17-36)35-28(37)19-9-5-4-6-10-19)15-14-23-21-12-7-8-13-22(21)27(26(23)24)29(38)34-18-30(31,32)33/h4-10,12-15,20,27H,2-3,11,16-18H2,1H3,(H,34,38)(H,35,37). The lowest BCUT2D eigenvalue weighted by atomic mass is 9.87. The molecule has 2 N–H and O–H groups in total. The monoisotopic (exact) mass is 521 g/mol. The number of benzene rings is 3. The summed E-state index contributed by atoms with van der Waals surface area (Å²) in [5, 5.41) is 5.19. The van der Waals surface area contributed by atoms with Gasteiger partial charge in [0.2, 0.25) is 5.91 Å². The van der Waals surface area contributed by atoms with Gasteiger partial charge in [-0.2, -0.15) is 13.2 Å². The molecule has 3 aromatic rings. The molecule has 1 heterocycles. The maximum absolute atomic E-state index is 13.2. The molecule has 5 nitrogen and oxygen atoms in total. The fraction of sp³-hybridized carbons (Fsp3) is 0.333. The Morgan fingerprint density at radius 1 is 0.947 bits per heavy atom. The average Bonchev–Trinajstić information content (AvgIpc) is 3.22. The van der Waals surface area contributed by atoms with E-state index in [1.165, 1.54) is 0 Å². The number of rotatable bonds is 8. The molecule has 1 unspecified atom stereocenters. The molecule has 1 aliphatic heterocycles. The van der Waals surface area contributed by atoms with Gasteiger partial charge in [-0.25, -0.2) is 0 Å². The number of hydrogen-bond acceptors (Lipinski definition) is 3. The first-order valence-electron chi connectivity index (χ1n) is 13.0. The van der Waals surface area contributed by atoms with Crippen molar-refractivity contribution >= 4 is 17.5 Å². The van der Waals surface area contributed by atoms with E-state index in [2.05, 4.69) is 22.5 Å². The van der Waals surface area contributed by atoms with E-state index < -0.39 is 24.5 Å². The molecule has 2 aliphatic rings. The Morgan fingerprint density at radius 2 is 1.66 bits per heavy atom. The van der Waals surface area contributed by atoms with Crippen LogP contribution in [0, 0.1) is 0 Å². The van der Waals surface area contributed by atoms with Crippen molar-refractivity contribution < 1.29 is 22.8 Å². The Hall–Kier alpha value is -3.81. The van der Waals surface area contributed by atoms with E-state index in [-0.39, 0.29) is 11.9 Å². The molecule has 8 heteroatoms. The number of unbranched alkanes of at least 4 members (excludes halogenated alkanes) is 1. The van der Waals surface area contributed by atoms with Gasteiger partial charge in [-0.3, -0.25) is 9.59 Å². The van der Waals surface area contributed by atoms with Gasteiger partial charge in [0.05, 0.1) is 12.0 Å². The van der Waals surface area contributed by atoms with E-state index >= 15 is 0 Å². The van der Waals surface area contributed by atoms with Gasteiger partial charge in [-0.15, -0.1) is 0 Å². The lowest BCUT2D eigenvalue weighted by Crippen LogP contribution is -2.59. The number of amides is 2. The largest absolute Gasteiger partial charge is 0.405 e. The Kier molecular flexibility index (Phi) is 7.15. The minimum absolute atomic E-state index is 0.0157. The van der Waals surface area contributed by atoms with Crippen molar-refractivity contribution in [2.75, 3.05) is 24.5 Å². The van der Waals surface area contributed by atoms with Crippen LogP contribution in [-0.2, 0) is 11.2 Å². The van der Waals surface area contributed by atoms with E-state index in [0.29, 0.717) is 25.1 Å². The van der Waals surface area contributed by atoms with Crippen LogP contribution >= 0.6 is 0 Å². The lowest BCUT2D eigenvalue weighted by Gasteiger charge is -2.43. The third-order valence-corrected chi connectivity index (χ3v) is 7.28. The van der Waals surface area contributed by atoms with E-state index in [1.54, 1.807) is 12.1 Å². The van der Waals surface area contributed by atoms with Crippen LogP contribution in [0.1, 0.15) is 52.7 Å². The second-order valence-electron chi connectivity index (χ2n) is 9.92. The number of anilines is 1. The van der Waals surface area contributed by atoms with E-state index in [4.69, 9.17) is 0 Å². The quantitative estimate of drug-likeness (QED) is 0.415. The number of halogens is 3. The van der Waals surface area contributed by atoms with Crippen molar-refractivity contribution in [2.45, 2.75) is 44.3 Å². The molecule has 38 heavy (non-hydrogen) atoms. The average molecular weight is 522 g/mol. The van der Waals surface area contributed by atoms with Crippen LogP contribution < -0.4 is 15.5 Å². The zero-order chi connectivity index (χ0) is 26.9. The molecule has 1 atom stereocenters. The summed E-state index contributed by atoms with van der Waals surface area (Å²) in [6.45, 7) is 1.96. The first-order valence-corrected chi connectivity index (χ1v) is 13.0. The number of alkyl halides is 3. The Balaban J connectivity index is 1.44. The maximum Gasteiger partial charge on any atom is 0.405 e. The molecule has 0 bridgehead atoms. The van der Waals surface area contributed by atoms with Crippen molar-refractivity contribution in [1.29, 1.82) is 0 Å². The molecule has 1 saturated heterocycles. The van der Waals surface area contributed by atoms with Crippen LogP contribution in [-0.4, -0.2) is 43.7 Å². The lowest BCUT2D eigenvalue weighted by molar-refractivity contribution is -0.138. The summed E-state index contributed by atoms with van der Waals surface area (Å²) in [7, 11) is 0. The number of carbonyl (C=O) groups excluding carboxylic acids is 2. The minimum Gasteiger partial charge on any atom is -0.367 e. The molecule has 2 amide bonds. The van der Waals surface area contributed by atoms with E-state index in [0.717, 1.165) is 46.3 Å². The first kappa shape index (κ1) is 25.8. The molecule has 0 saturated carbocycles. The van der Waals surface area contributed by atoms with Gasteiger partial charge in [0.25, 0.3) is 5.91 Å². The topological polar surface area (TPSA) is 61.4 Å². The summed E-state index contributed by atoms with van der Waals surface area (Å²) in [5.74, 6) is -1.56. The minimum atomic E-state index is -4.49. The Bertz CT molecular complexity index is 1330. The van der Waals surface area contributed by atoms with Gasteiger partial charge in [0.1, 0.15) is 6.54 Å². The Morgan fingerprint density at radius 3 is 2.37 bits per heavy atom. The zero-order valence-electron chi connectivity index (χ0n) is 21.1. The molecule has 1 aliphatic carbocycles. The van der Waals surface area contributed by atoms with Crippen LogP contribution in [0.3, 0.4) is 0 Å². The summed E-state index contributed by atoms with van der Waals surface area (Å²) >= 11 is 0. The van der Waals surface area contributed by atoms with Crippen LogP contribution in [0.4, 0.5) is 18.9 Å². The summed E-state index contributed by atoms with van der Waals surface area (Å²) in [6, 6.07) is 20.5. The van der Waals surface area contributed by atoms with E-state index in [9.17, 15) is 22.8 Å². The predicted molar refractivity (Wildman–Crippen MR) is 141 cm³/mol. The second-order valence-corrected chi connectivity index (χ2v) is 9.92. The summed E-state index contributed by atoms with van der Waals surface area (Å²) in [4.78, 5) is 28.0. The highest BCUT2D eigenvalue weighted by molar-refractivity contribution is 5.98. The summed E-state index contributed by atoms with van der Waals surface area (Å²) in [5.41, 5.74) is 5.90. The zero-order valence-corrected chi connectivity index (χ0v) is 21.1. The molecule has 5 rings (SSSR count). The predicted octanol–water partition coefficient (Wildman–Crippen LogP) is 5.44. The van der Waals surface area contributed by atoms with Crippen LogP contribution in [0.25, 0.3) is 11.1 Å². The van der Waals surface area contributed by atoms with Gasteiger partial charge < -0.3 is 15.5 Å². The van der Waals surface area contributed by atoms with Gasteiger partial charge in [-0.1, -0.05) is 61.9 Å². The third kappa shape index (κ3) is 5.12. The fourth-order valence-corrected chi connectivity index (χ4v) is 5.47. The van der Waals surface area contributed by atoms with Crippen LogP contribution in [0.2, 0.25) is 0 Å². The van der Waals surface area contributed by atoms with Crippen molar-refractivity contribution in [3.8, 4) is 11.1 Å². The number of nitrogens with zero attached hydrogens (tertiary/aromatic N) is 1. The number of carbonyl (C=O) groups is 2. The highest BCUT2D eigenvalue weighted by atomic mass is 19.4. The molecule has 3 aromatic carbocycles. The SMILES string of the molecule is CCCCc1c(N2CC(NC(=O)c3ccccc3)C2)ccc2c1C(C(=O)NCC(F)(F)F)c1ccccc1-2. The fourth-order valence-electron chi connectivity index (χ4n) is 5.47. The van der Waals surface area contributed by atoms with Crippen molar-refractivity contribution in [3.05, 3.63) is 89.0 Å². The summed E-state index contributed by atoms with van der Waals surface area (Å²) < 4.78 is 38.8. The number of fused-ring (bicyclic) bond motifs is 3. The maximum atomic E-state index is 13.2. The Labute approximate surface area is 220 Å². The van der Waals surface area contributed by atoms with Crippen molar-refractivity contribution in [1.82, 2.24) is 10.6 Å². The first-order chi connectivity index (χ1) is 18.3. The van der Waals surface area contributed by atoms with Gasteiger partial charge >= 0.3 is 6.18 Å². The van der Waals surface area contributed by atoms with Gasteiger partial charge in [0.15, 0.2) is 0 Å². The van der Waals surface area contributed by atoms with Gasteiger partial charge in [0, 0.05) is 24.3 Å². The summed E-state index contributed by atoms with van der Waals surface area (Å²) in [6.07, 6.45) is -1.95. The van der Waals surface area contributed by atoms with E-state index in [1.807, 2.05) is 54.6 Å². The normalized spacial score (nSPS) is 16.4. The van der Waals surface area contributed by atoms with Crippen LogP contribution in [0.5, 0.6) is 0 Å². The molecule has 0 radical (unpaired) electrons. The number of hydrogen-bond donors (Lipinski definition) is 2. The molecular weight excluding hydrogens is 491 g/mol. The third-order valence-electron chi connectivity index (χ3n) is 7.28. The second kappa shape index (κ2) is 10.5. The molecule has 198 valence electrons. The highest BCUT2D eigenvalue weighted by Crippen LogP contribution is 2.49. The van der Waals surface area contributed by atoms with Gasteiger partial charge in [-0.05, 0) is 58.9 Å². The van der Waals surface area contributed by atoms with Crippen molar-refractivity contribution in [2.24, 2.45) is 0 Å². The van der Waals surface area contributed by atoms with Crippen LogP contribution in [0.15, 0.2) is 66.7 Å². The molecule has 0 spiro atoms. The number of nitrogens with one attached hydrogen (secondary N) is 2.